The van der Waals surface area contributed by atoms with Gasteiger partial charge in [-0.15, -0.1) is 0 Å². The second-order valence-electron chi connectivity index (χ2n) is 9.15. The summed E-state index contributed by atoms with van der Waals surface area (Å²) in [4.78, 5) is 0. The minimum Gasteiger partial charge on any atom is -0.499 e. The predicted octanol–water partition coefficient (Wildman–Crippen LogP) is 2.85. The molecule has 0 aliphatic carbocycles. The Morgan fingerprint density at radius 1 is 0.703 bits per heavy atom. The lowest BCUT2D eigenvalue weighted by molar-refractivity contribution is -0.282. The molecule has 10 nitrogen and oxygen atoms in total. The lowest BCUT2D eigenvalue weighted by Gasteiger charge is -2.50. The number of ether oxygens (including phenoxy) is 8. The molecule has 0 saturated carbocycles. The summed E-state index contributed by atoms with van der Waals surface area (Å²) >= 11 is 0. The summed E-state index contributed by atoms with van der Waals surface area (Å²) in [5, 5.41) is 23.1. The summed E-state index contributed by atoms with van der Waals surface area (Å²) in [6.07, 6.45) is 2.08. The third-order valence-corrected chi connectivity index (χ3v) is 6.67. The Kier molecular flexibility index (Phi) is 10.7. The average molecular weight is 525 g/mol. The highest BCUT2D eigenvalue weighted by molar-refractivity contribution is 5.14. The van der Waals surface area contributed by atoms with Crippen molar-refractivity contribution in [3.63, 3.8) is 0 Å². The van der Waals surface area contributed by atoms with E-state index in [0.29, 0.717) is 0 Å². The summed E-state index contributed by atoms with van der Waals surface area (Å²) in [6, 6.07) is 0. The molecule has 0 aromatic rings. The van der Waals surface area contributed by atoms with E-state index in [1.165, 1.54) is 37.6 Å². The maximum absolute atomic E-state index is 11.6. The monoisotopic (exact) mass is 524 g/mol. The summed E-state index contributed by atoms with van der Waals surface area (Å²) in [5.74, 6) is 0. The molecule has 2 rings (SSSR count). The van der Waals surface area contributed by atoms with Crippen molar-refractivity contribution in [3.8, 4) is 0 Å². The Morgan fingerprint density at radius 2 is 1.24 bits per heavy atom. The zero-order chi connectivity index (χ0) is 27.7. The molecule has 2 aliphatic rings. The van der Waals surface area contributed by atoms with Crippen LogP contribution in [0.2, 0.25) is 0 Å². The van der Waals surface area contributed by atoms with Gasteiger partial charge in [-0.1, -0.05) is 39.5 Å². The first kappa shape index (κ1) is 30.3. The average Bonchev–Trinajstić information content (AvgIpc) is 3.06. The fourth-order valence-corrected chi connectivity index (χ4v) is 5.13. The zero-order valence-corrected chi connectivity index (χ0v) is 21.7. The third kappa shape index (κ3) is 6.32. The SMILES string of the molecule is C=COCC1OC(CC2(COC=C)OC(COC=C)C(C)(O)C2OC=C)C(OC=C)C(C)(O)C1OC=C. The standard InChI is InChI=1S/C27H40O10/c1-9-30-16-20-23(34-13-5)26(8,29)22(33-12-4)19(36-20)15-27(18-32-11-3)24(35-14-6)25(7,28)21(37-27)17-31-10-2/h9-14,19-24,28-29H,1-6,15-18H2,7-8H3. The summed E-state index contributed by atoms with van der Waals surface area (Å²) in [6.45, 7) is 24.7. The minimum absolute atomic E-state index is 0.00971. The van der Waals surface area contributed by atoms with Gasteiger partial charge in [0.05, 0.1) is 37.6 Å². The van der Waals surface area contributed by atoms with Gasteiger partial charge in [0.2, 0.25) is 0 Å². The molecule has 0 bridgehead atoms. The Hall–Kier alpha value is -2.92. The molecule has 10 heteroatoms. The third-order valence-electron chi connectivity index (χ3n) is 6.67. The summed E-state index contributed by atoms with van der Waals surface area (Å²) in [7, 11) is 0. The van der Waals surface area contributed by atoms with Crippen LogP contribution in [0, 0.1) is 0 Å². The van der Waals surface area contributed by atoms with Gasteiger partial charge in [0.25, 0.3) is 0 Å². The Labute approximate surface area is 219 Å². The highest BCUT2D eigenvalue weighted by atomic mass is 16.6. The van der Waals surface area contributed by atoms with E-state index in [-0.39, 0.29) is 26.2 Å². The Bertz CT molecular complexity index is 809. The summed E-state index contributed by atoms with van der Waals surface area (Å²) < 4.78 is 46.3. The van der Waals surface area contributed by atoms with E-state index in [0.717, 1.165) is 0 Å². The number of hydrogen-bond acceptors (Lipinski definition) is 10. The van der Waals surface area contributed by atoms with Crippen LogP contribution < -0.4 is 0 Å². The maximum Gasteiger partial charge on any atom is 0.161 e. The van der Waals surface area contributed by atoms with Crippen LogP contribution in [0.25, 0.3) is 0 Å². The highest BCUT2D eigenvalue weighted by Crippen LogP contribution is 2.47. The smallest absolute Gasteiger partial charge is 0.161 e. The quantitative estimate of drug-likeness (QED) is 0.275. The molecular formula is C27H40O10. The van der Waals surface area contributed by atoms with Crippen LogP contribution in [0.15, 0.2) is 77.0 Å². The molecule has 2 N–H and O–H groups in total. The second kappa shape index (κ2) is 13.0. The van der Waals surface area contributed by atoms with Crippen LogP contribution in [0.3, 0.4) is 0 Å². The van der Waals surface area contributed by atoms with Crippen molar-refractivity contribution in [1.29, 1.82) is 0 Å². The van der Waals surface area contributed by atoms with Gasteiger partial charge in [-0.2, -0.15) is 0 Å². The zero-order valence-electron chi connectivity index (χ0n) is 21.7. The summed E-state index contributed by atoms with van der Waals surface area (Å²) in [5.41, 5.74) is -4.49. The molecule has 2 saturated heterocycles. The number of hydrogen-bond donors (Lipinski definition) is 2. The van der Waals surface area contributed by atoms with Crippen molar-refractivity contribution in [1.82, 2.24) is 0 Å². The first-order valence-electron chi connectivity index (χ1n) is 11.8. The van der Waals surface area contributed by atoms with Crippen molar-refractivity contribution in [3.05, 3.63) is 77.0 Å². The largest absolute Gasteiger partial charge is 0.499 e. The van der Waals surface area contributed by atoms with Crippen LogP contribution in [-0.4, -0.2) is 83.5 Å². The minimum atomic E-state index is -1.61. The van der Waals surface area contributed by atoms with Gasteiger partial charge in [-0.05, 0) is 13.8 Å². The van der Waals surface area contributed by atoms with Gasteiger partial charge in [0.1, 0.15) is 54.9 Å². The van der Waals surface area contributed by atoms with E-state index < -0.39 is 53.4 Å². The van der Waals surface area contributed by atoms with E-state index in [4.69, 9.17) is 37.9 Å². The molecule has 9 unspecified atom stereocenters. The van der Waals surface area contributed by atoms with Crippen LogP contribution >= 0.6 is 0 Å². The normalized spacial score (nSPS) is 38.9. The lowest BCUT2D eigenvalue weighted by atomic mass is 9.76. The van der Waals surface area contributed by atoms with Gasteiger partial charge in [0.15, 0.2) is 18.3 Å². The first-order chi connectivity index (χ1) is 17.6. The maximum atomic E-state index is 11.6. The van der Waals surface area contributed by atoms with Crippen molar-refractivity contribution >= 4 is 0 Å². The first-order valence-corrected chi connectivity index (χ1v) is 11.8. The molecule has 0 radical (unpaired) electrons. The Balaban J connectivity index is 2.57. The van der Waals surface area contributed by atoms with Gasteiger partial charge in [0, 0.05) is 6.42 Å². The fraction of sp³-hybridized carbons (Fsp3) is 0.556. The van der Waals surface area contributed by atoms with E-state index in [1.807, 2.05) is 0 Å². The second-order valence-corrected chi connectivity index (χ2v) is 9.15. The molecule has 208 valence electrons. The van der Waals surface area contributed by atoms with Crippen LogP contribution in [0.4, 0.5) is 0 Å². The van der Waals surface area contributed by atoms with Crippen LogP contribution in [0.5, 0.6) is 0 Å². The molecule has 2 heterocycles. The van der Waals surface area contributed by atoms with Crippen LogP contribution in [-0.2, 0) is 37.9 Å². The van der Waals surface area contributed by atoms with Crippen molar-refractivity contribution in [2.45, 2.75) is 73.7 Å². The van der Waals surface area contributed by atoms with Crippen molar-refractivity contribution in [2.24, 2.45) is 0 Å². The molecule has 2 aliphatic heterocycles. The van der Waals surface area contributed by atoms with Gasteiger partial charge in [-0.25, -0.2) is 0 Å². The molecule has 0 amide bonds. The molecule has 9 atom stereocenters. The molecular weight excluding hydrogens is 484 g/mol. The number of aliphatic hydroxyl groups is 2. The van der Waals surface area contributed by atoms with E-state index in [1.54, 1.807) is 13.8 Å². The van der Waals surface area contributed by atoms with E-state index in [2.05, 4.69) is 39.5 Å². The van der Waals surface area contributed by atoms with Gasteiger partial charge < -0.3 is 48.1 Å². The topological polar surface area (TPSA) is 114 Å². The predicted molar refractivity (Wildman–Crippen MR) is 136 cm³/mol. The molecule has 0 spiro atoms. The van der Waals surface area contributed by atoms with Crippen LogP contribution in [0.1, 0.15) is 20.3 Å². The lowest BCUT2D eigenvalue weighted by Crippen LogP contribution is -2.68. The van der Waals surface area contributed by atoms with E-state index in [9.17, 15) is 10.2 Å². The fourth-order valence-electron chi connectivity index (χ4n) is 5.13. The van der Waals surface area contributed by atoms with E-state index >= 15 is 0 Å². The van der Waals surface area contributed by atoms with Gasteiger partial charge in [-0.3, -0.25) is 0 Å². The number of rotatable bonds is 17. The molecule has 0 aromatic heterocycles. The Morgan fingerprint density at radius 3 is 1.78 bits per heavy atom. The van der Waals surface area contributed by atoms with Gasteiger partial charge >= 0.3 is 0 Å². The van der Waals surface area contributed by atoms with Crippen molar-refractivity contribution < 1.29 is 48.1 Å². The molecule has 37 heavy (non-hydrogen) atoms. The molecule has 0 aromatic carbocycles. The van der Waals surface area contributed by atoms with Crippen molar-refractivity contribution in [2.75, 3.05) is 19.8 Å². The molecule has 2 fully saturated rings. The highest BCUT2D eigenvalue weighted by Gasteiger charge is 2.66.